The minimum absolute atomic E-state index is 0.0440. The molecule has 1 fully saturated rings. The number of hydrogen-bond acceptors (Lipinski definition) is 5. The smallest absolute Gasteiger partial charge is 0.258 e. The van der Waals surface area contributed by atoms with E-state index in [1.807, 2.05) is 48.2 Å². The number of benzene rings is 2. The van der Waals surface area contributed by atoms with Crippen LogP contribution in [0, 0.1) is 12.8 Å². The Morgan fingerprint density at radius 1 is 1.03 bits per heavy atom. The zero-order chi connectivity index (χ0) is 24.9. The molecule has 2 aromatic carbocycles. The Balaban J connectivity index is 1.38. The summed E-state index contributed by atoms with van der Waals surface area (Å²) in [6, 6.07) is 14.1. The van der Waals surface area contributed by atoms with Crippen LogP contribution in [0.15, 0.2) is 53.3 Å². The third-order valence-corrected chi connectivity index (χ3v) is 6.42. The first kappa shape index (κ1) is 24.6. The van der Waals surface area contributed by atoms with Crippen LogP contribution in [0.25, 0.3) is 10.9 Å². The van der Waals surface area contributed by atoms with Crippen LogP contribution in [0.2, 0.25) is 0 Å². The van der Waals surface area contributed by atoms with Crippen molar-refractivity contribution in [3.8, 4) is 0 Å². The molecule has 0 saturated carbocycles. The summed E-state index contributed by atoms with van der Waals surface area (Å²) < 4.78 is 0. The van der Waals surface area contributed by atoms with Gasteiger partial charge >= 0.3 is 0 Å². The third kappa shape index (κ3) is 5.95. The lowest BCUT2D eigenvalue weighted by atomic mass is 10.0. The molecule has 2 N–H and O–H groups in total. The Labute approximate surface area is 205 Å². The van der Waals surface area contributed by atoms with Gasteiger partial charge in [-0.05, 0) is 43.0 Å². The second kappa shape index (κ2) is 10.8. The number of carbonyl (C=O) groups excluding carboxylic acids is 2. The molecular weight excluding hydrogens is 442 g/mol. The number of aromatic amines is 1. The van der Waals surface area contributed by atoms with Gasteiger partial charge in [0.2, 0.25) is 5.91 Å². The second-order valence-corrected chi connectivity index (χ2v) is 9.60. The monoisotopic (exact) mass is 475 g/mol. The molecule has 0 spiro atoms. The highest BCUT2D eigenvalue weighted by Crippen LogP contribution is 2.14. The minimum atomic E-state index is -0.563. The van der Waals surface area contributed by atoms with Crippen molar-refractivity contribution in [1.29, 1.82) is 0 Å². The van der Waals surface area contributed by atoms with Gasteiger partial charge in [0.05, 0.1) is 17.4 Å². The van der Waals surface area contributed by atoms with Crippen LogP contribution in [0.1, 0.15) is 42.0 Å². The van der Waals surface area contributed by atoms with Crippen molar-refractivity contribution in [2.75, 3.05) is 26.2 Å². The van der Waals surface area contributed by atoms with Gasteiger partial charge in [-0.2, -0.15) is 0 Å². The number of para-hydroxylation sites is 1. The molecule has 3 aromatic rings. The lowest BCUT2D eigenvalue weighted by Gasteiger charge is -2.36. The van der Waals surface area contributed by atoms with Gasteiger partial charge in [-0.1, -0.05) is 44.2 Å². The van der Waals surface area contributed by atoms with Gasteiger partial charge in [0.15, 0.2) is 0 Å². The SMILES string of the molecule is Cc1ccccc1C(=O)N[C@H](CC(C)C)C(=O)N1CCN(Cc2nc3ccccc3c(=O)[nH]2)CC1. The molecule has 2 heterocycles. The fourth-order valence-corrected chi connectivity index (χ4v) is 4.52. The van der Waals surface area contributed by atoms with Crippen LogP contribution in [0.5, 0.6) is 0 Å². The van der Waals surface area contributed by atoms with Crippen LogP contribution in [0.3, 0.4) is 0 Å². The highest BCUT2D eigenvalue weighted by molar-refractivity contribution is 5.98. The number of nitrogens with one attached hydrogen (secondary N) is 2. The molecule has 8 nitrogen and oxygen atoms in total. The number of aromatic nitrogens is 2. The Morgan fingerprint density at radius 2 is 1.71 bits per heavy atom. The van der Waals surface area contributed by atoms with Crippen molar-refractivity contribution in [1.82, 2.24) is 25.1 Å². The van der Waals surface area contributed by atoms with E-state index in [1.165, 1.54) is 0 Å². The fourth-order valence-electron chi connectivity index (χ4n) is 4.52. The average Bonchev–Trinajstić information content (AvgIpc) is 2.83. The predicted molar refractivity (Wildman–Crippen MR) is 136 cm³/mol. The number of rotatable bonds is 7. The van der Waals surface area contributed by atoms with Gasteiger partial charge in [-0.25, -0.2) is 4.98 Å². The summed E-state index contributed by atoms with van der Waals surface area (Å²) in [6.07, 6.45) is 0.582. The normalized spacial score (nSPS) is 15.4. The molecule has 1 atom stereocenters. The van der Waals surface area contributed by atoms with E-state index in [9.17, 15) is 14.4 Å². The highest BCUT2D eigenvalue weighted by atomic mass is 16.2. The number of fused-ring (bicyclic) bond motifs is 1. The second-order valence-electron chi connectivity index (χ2n) is 9.60. The van der Waals surface area contributed by atoms with Crippen LogP contribution < -0.4 is 10.9 Å². The highest BCUT2D eigenvalue weighted by Gasteiger charge is 2.30. The molecule has 1 aliphatic heterocycles. The Morgan fingerprint density at radius 3 is 2.43 bits per heavy atom. The molecule has 35 heavy (non-hydrogen) atoms. The summed E-state index contributed by atoms with van der Waals surface area (Å²) in [5.41, 5.74) is 2.02. The summed E-state index contributed by atoms with van der Waals surface area (Å²) in [7, 11) is 0. The van der Waals surface area contributed by atoms with Gasteiger partial charge in [0, 0.05) is 31.7 Å². The maximum atomic E-state index is 13.4. The molecule has 1 aliphatic rings. The molecule has 2 amide bonds. The molecule has 0 bridgehead atoms. The Hall–Kier alpha value is -3.52. The summed E-state index contributed by atoms with van der Waals surface area (Å²) in [5.74, 6) is 0.624. The van der Waals surface area contributed by atoms with Crippen LogP contribution in [-0.4, -0.2) is 63.8 Å². The zero-order valence-electron chi connectivity index (χ0n) is 20.6. The molecule has 4 rings (SSSR count). The molecule has 184 valence electrons. The standard InChI is InChI=1S/C27H33N5O3/c1-18(2)16-23(29-25(33)20-9-5-4-8-19(20)3)27(35)32-14-12-31(13-15-32)17-24-28-22-11-7-6-10-21(22)26(34)30-24/h4-11,18,23H,12-17H2,1-3H3,(H,29,33)(H,28,30,34)/t23-/m1/s1. The first-order chi connectivity index (χ1) is 16.8. The van der Waals surface area contributed by atoms with Crippen molar-refractivity contribution in [2.45, 2.75) is 39.8 Å². The van der Waals surface area contributed by atoms with Crippen molar-refractivity contribution < 1.29 is 9.59 Å². The van der Waals surface area contributed by atoms with Gasteiger partial charge < -0.3 is 15.2 Å². The number of amides is 2. The topological polar surface area (TPSA) is 98.4 Å². The van der Waals surface area contributed by atoms with E-state index >= 15 is 0 Å². The first-order valence-electron chi connectivity index (χ1n) is 12.2. The van der Waals surface area contributed by atoms with Gasteiger partial charge in [-0.3, -0.25) is 19.3 Å². The Bertz CT molecular complexity index is 1260. The van der Waals surface area contributed by atoms with Gasteiger partial charge in [-0.15, -0.1) is 0 Å². The van der Waals surface area contributed by atoms with Gasteiger partial charge in [0.1, 0.15) is 11.9 Å². The van der Waals surface area contributed by atoms with Crippen molar-refractivity contribution >= 4 is 22.7 Å². The quantitative estimate of drug-likeness (QED) is 0.548. The summed E-state index contributed by atoms with van der Waals surface area (Å²) >= 11 is 0. The number of H-pyrrole nitrogens is 1. The van der Waals surface area contributed by atoms with Crippen LogP contribution in [0.4, 0.5) is 0 Å². The molecule has 0 aliphatic carbocycles. The van der Waals surface area contributed by atoms with E-state index in [0.717, 1.165) is 5.56 Å². The molecular formula is C27H33N5O3. The Kier molecular flexibility index (Phi) is 7.60. The van der Waals surface area contributed by atoms with Crippen LogP contribution >= 0.6 is 0 Å². The van der Waals surface area contributed by atoms with Crippen molar-refractivity contribution in [2.24, 2.45) is 5.92 Å². The molecule has 1 saturated heterocycles. The number of nitrogens with zero attached hydrogens (tertiary/aromatic N) is 3. The summed E-state index contributed by atoms with van der Waals surface area (Å²) in [5, 5.41) is 3.56. The van der Waals surface area contributed by atoms with E-state index < -0.39 is 6.04 Å². The first-order valence-corrected chi connectivity index (χ1v) is 12.2. The number of carbonyl (C=O) groups is 2. The van der Waals surface area contributed by atoms with Crippen molar-refractivity contribution in [3.05, 3.63) is 75.8 Å². The van der Waals surface area contributed by atoms with Crippen LogP contribution in [-0.2, 0) is 11.3 Å². The molecule has 0 radical (unpaired) electrons. The zero-order valence-corrected chi connectivity index (χ0v) is 20.6. The summed E-state index contributed by atoms with van der Waals surface area (Å²) in [4.78, 5) is 50.1. The fraction of sp³-hybridized carbons (Fsp3) is 0.407. The minimum Gasteiger partial charge on any atom is -0.340 e. The van der Waals surface area contributed by atoms with E-state index in [1.54, 1.807) is 12.1 Å². The maximum Gasteiger partial charge on any atom is 0.258 e. The summed E-state index contributed by atoms with van der Waals surface area (Å²) in [6.45, 7) is 8.97. The number of piperazine rings is 1. The average molecular weight is 476 g/mol. The lowest BCUT2D eigenvalue weighted by Crippen LogP contribution is -2.55. The van der Waals surface area contributed by atoms with E-state index in [2.05, 4.69) is 34.0 Å². The number of hydrogen-bond donors (Lipinski definition) is 2. The van der Waals surface area contributed by atoms with E-state index in [0.29, 0.717) is 61.4 Å². The van der Waals surface area contributed by atoms with Crippen molar-refractivity contribution in [3.63, 3.8) is 0 Å². The number of aryl methyl sites for hydroxylation is 1. The van der Waals surface area contributed by atoms with Gasteiger partial charge in [0.25, 0.3) is 11.5 Å². The molecule has 1 aromatic heterocycles. The molecule has 0 unspecified atom stereocenters. The predicted octanol–water partition coefficient (Wildman–Crippen LogP) is 2.72. The lowest BCUT2D eigenvalue weighted by molar-refractivity contribution is -0.135. The largest absolute Gasteiger partial charge is 0.340 e. The maximum absolute atomic E-state index is 13.4. The third-order valence-electron chi connectivity index (χ3n) is 6.42. The van der Waals surface area contributed by atoms with E-state index in [-0.39, 0.29) is 23.3 Å². The van der Waals surface area contributed by atoms with E-state index in [4.69, 9.17) is 0 Å². The molecule has 8 heteroatoms.